The predicted octanol–water partition coefficient (Wildman–Crippen LogP) is 1.83. The third-order valence-electron chi connectivity index (χ3n) is 1.47. The number of nitrogens with zero attached hydrogens (tertiary/aromatic N) is 1. The number of nitrogens with two attached hydrogens (primary N) is 1. The van der Waals surface area contributed by atoms with Crippen LogP contribution in [0.25, 0.3) is 12.2 Å². The van der Waals surface area contributed by atoms with Crippen LogP contribution < -0.4 is 5.73 Å². The number of hydrogen-bond donors (Lipinski definition) is 2. The van der Waals surface area contributed by atoms with Crippen LogP contribution in [0, 0.1) is 0 Å². The third-order valence-corrected chi connectivity index (χ3v) is 1.47. The number of nitrogens with one attached hydrogen (secondary N) is 1. The van der Waals surface area contributed by atoms with Gasteiger partial charge < -0.3 is 5.73 Å². The van der Waals surface area contributed by atoms with Crippen molar-refractivity contribution in [3.8, 4) is 0 Å². The molecule has 0 aromatic carbocycles. The maximum absolute atomic E-state index is 5.58. The number of aromatic nitrogens is 2. The summed E-state index contributed by atoms with van der Waals surface area (Å²) in [5.41, 5.74) is 7.26. The maximum Gasteiger partial charge on any atom is 0.153 e. The molecule has 0 aliphatic rings. The molecular weight excluding hydrogens is 150 g/mol. The van der Waals surface area contributed by atoms with Crippen LogP contribution in [0.4, 0.5) is 5.82 Å². The van der Waals surface area contributed by atoms with Gasteiger partial charge in [-0.25, -0.2) is 0 Å². The SMILES string of the molecule is C=C/C=C\c1c(N)n[nH]c1C=C. The first-order chi connectivity index (χ1) is 5.79. The zero-order valence-corrected chi connectivity index (χ0v) is 6.75. The van der Waals surface area contributed by atoms with Crippen LogP contribution >= 0.6 is 0 Å². The Hall–Kier alpha value is -1.77. The van der Waals surface area contributed by atoms with E-state index < -0.39 is 0 Å². The zero-order chi connectivity index (χ0) is 8.97. The molecule has 62 valence electrons. The van der Waals surface area contributed by atoms with Crippen molar-refractivity contribution in [2.24, 2.45) is 0 Å². The summed E-state index contributed by atoms with van der Waals surface area (Å²) in [6.45, 7) is 7.19. The molecule has 0 atom stereocenters. The van der Waals surface area contributed by atoms with Gasteiger partial charge in [0.1, 0.15) is 0 Å². The minimum atomic E-state index is 0.475. The standard InChI is InChI=1S/C9H11N3/c1-3-5-6-7-8(4-2)11-12-9(7)10/h3-6H,1-2H2,(H3,10,11,12)/b6-5-. The van der Waals surface area contributed by atoms with Crippen molar-refractivity contribution >= 4 is 18.0 Å². The molecule has 0 radical (unpaired) electrons. The highest BCUT2D eigenvalue weighted by Crippen LogP contribution is 2.15. The van der Waals surface area contributed by atoms with E-state index in [-0.39, 0.29) is 0 Å². The van der Waals surface area contributed by atoms with Crippen molar-refractivity contribution in [3.63, 3.8) is 0 Å². The van der Waals surface area contributed by atoms with Gasteiger partial charge in [0.25, 0.3) is 0 Å². The molecule has 0 saturated heterocycles. The second kappa shape index (κ2) is 3.57. The predicted molar refractivity (Wildman–Crippen MR) is 52.3 cm³/mol. The van der Waals surface area contributed by atoms with Crippen LogP contribution in [0.1, 0.15) is 11.3 Å². The molecule has 3 nitrogen and oxygen atoms in total. The number of rotatable bonds is 3. The van der Waals surface area contributed by atoms with E-state index >= 15 is 0 Å². The summed E-state index contributed by atoms with van der Waals surface area (Å²) in [5.74, 6) is 0.475. The summed E-state index contributed by atoms with van der Waals surface area (Å²) in [4.78, 5) is 0. The molecule has 0 bridgehead atoms. The topological polar surface area (TPSA) is 54.7 Å². The first-order valence-corrected chi connectivity index (χ1v) is 3.55. The van der Waals surface area contributed by atoms with E-state index in [2.05, 4.69) is 23.4 Å². The summed E-state index contributed by atoms with van der Waals surface area (Å²) < 4.78 is 0. The molecule has 3 heteroatoms. The molecular formula is C9H11N3. The van der Waals surface area contributed by atoms with Crippen molar-refractivity contribution in [2.45, 2.75) is 0 Å². The number of nitrogen functional groups attached to an aromatic ring is 1. The van der Waals surface area contributed by atoms with E-state index in [1.54, 1.807) is 18.2 Å². The molecule has 0 spiro atoms. The van der Waals surface area contributed by atoms with Crippen molar-refractivity contribution in [2.75, 3.05) is 5.73 Å². The van der Waals surface area contributed by atoms with Crippen molar-refractivity contribution in [1.82, 2.24) is 10.2 Å². The van der Waals surface area contributed by atoms with Gasteiger partial charge in [-0.1, -0.05) is 25.3 Å². The van der Waals surface area contributed by atoms with E-state index in [9.17, 15) is 0 Å². The highest BCUT2D eigenvalue weighted by atomic mass is 15.2. The van der Waals surface area contributed by atoms with Crippen LogP contribution in [-0.2, 0) is 0 Å². The van der Waals surface area contributed by atoms with Gasteiger partial charge in [-0.3, -0.25) is 5.10 Å². The Morgan fingerprint density at radius 1 is 1.42 bits per heavy atom. The van der Waals surface area contributed by atoms with Gasteiger partial charge in [-0.05, 0) is 12.2 Å². The van der Waals surface area contributed by atoms with Gasteiger partial charge in [0.05, 0.1) is 5.69 Å². The zero-order valence-electron chi connectivity index (χ0n) is 6.75. The van der Waals surface area contributed by atoms with Gasteiger partial charge in [0, 0.05) is 5.56 Å². The number of anilines is 1. The molecule has 1 heterocycles. The average molecular weight is 161 g/mol. The fraction of sp³-hybridized carbons (Fsp3) is 0. The normalized spacial score (nSPS) is 10.3. The van der Waals surface area contributed by atoms with E-state index in [0.717, 1.165) is 11.3 Å². The molecule has 0 amide bonds. The van der Waals surface area contributed by atoms with Gasteiger partial charge >= 0.3 is 0 Å². The molecule has 1 aromatic heterocycles. The van der Waals surface area contributed by atoms with Crippen LogP contribution in [0.5, 0.6) is 0 Å². The van der Waals surface area contributed by atoms with Crippen LogP contribution in [-0.4, -0.2) is 10.2 Å². The first-order valence-electron chi connectivity index (χ1n) is 3.55. The fourth-order valence-electron chi connectivity index (χ4n) is 0.874. The first kappa shape index (κ1) is 8.33. The van der Waals surface area contributed by atoms with E-state index in [0.29, 0.717) is 5.82 Å². The van der Waals surface area contributed by atoms with E-state index in [1.807, 2.05) is 6.08 Å². The number of H-pyrrole nitrogens is 1. The molecule has 12 heavy (non-hydrogen) atoms. The lowest BCUT2D eigenvalue weighted by molar-refractivity contribution is 1.09. The molecule has 1 aromatic rings. The second-order valence-electron chi connectivity index (χ2n) is 2.24. The Kier molecular flexibility index (Phi) is 2.48. The summed E-state index contributed by atoms with van der Waals surface area (Å²) in [5, 5.41) is 6.59. The Labute approximate surface area is 71.3 Å². The maximum atomic E-state index is 5.58. The van der Waals surface area contributed by atoms with Crippen LogP contribution in [0.3, 0.4) is 0 Å². The molecule has 1 rings (SSSR count). The highest BCUT2D eigenvalue weighted by Gasteiger charge is 2.02. The summed E-state index contributed by atoms with van der Waals surface area (Å²) in [6, 6.07) is 0. The summed E-state index contributed by atoms with van der Waals surface area (Å²) >= 11 is 0. The number of hydrogen-bond acceptors (Lipinski definition) is 2. The van der Waals surface area contributed by atoms with Crippen molar-refractivity contribution in [3.05, 3.63) is 36.6 Å². The molecule has 0 aliphatic carbocycles. The molecule has 3 N–H and O–H groups in total. The van der Waals surface area contributed by atoms with Crippen molar-refractivity contribution in [1.29, 1.82) is 0 Å². The summed E-state index contributed by atoms with van der Waals surface area (Å²) in [7, 11) is 0. The highest BCUT2D eigenvalue weighted by molar-refractivity contribution is 5.70. The molecule has 0 fully saturated rings. The lowest BCUT2D eigenvalue weighted by atomic mass is 10.2. The Bertz CT molecular complexity index is 321. The Balaban J connectivity index is 3.09. The smallest absolute Gasteiger partial charge is 0.153 e. The monoisotopic (exact) mass is 161 g/mol. The van der Waals surface area contributed by atoms with Gasteiger partial charge in [-0.15, -0.1) is 0 Å². The van der Waals surface area contributed by atoms with E-state index in [4.69, 9.17) is 5.73 Å². The molecule has 0 aliphatic heterocycles. The van der Waals surface area contributed by atoms with Crippen LogP contribution in [0.2, 0.25) is 0 Å². The Morgan fingerprint density at radius 3 is 2.75 bits per heavy atom. The van der Waals surface area contributed by atoms with Crippen LogP contribution in [0.15, 0.2) is 25.3 Å². The fourth-order valence-corrected chi connectivity index (χ4v) is 0.874. The molecule has 0 unspecified atom stereocenters. The minimum Gasteiger partial charge on any atom is -0.382 e. The lowest BCUT2D eigenvalue weighted by Crippen LogP contribution is -1.86. The molecule has 0 saturated carbocycles. The number of aromatic amines is 1. The lowest BCUT2D eigenvalue weighted by Gasteiger charge is -1.89. The Morgan fingerprint density at radius 2 is 2.17 bits per heavy atom. The van der Waals surface area contributed by atoms with Gasteiger partial charge in [-0.2, -0.15) is 5.10 Å². The third kappa shape index (κ3) is 1.45. The quantitative estimate of drug-likeness (QED) is 0.664. The largest absolute Gasteiger partial charge is 0.382 e. The average Bonchev–Trinajstić information content (AvgIpc) is 2.43. The minimum absolute atomic E-state index is 0.475. The van der Waals surface area contributed by atoms with Crippen molar-refractivity contribution < 1.29 is 0 Å². The summed E-state index contributed by atoms with van der Waals surface area (Å²) in [6.07, 6.45) is 6.99. The second-order valence-corrected chi connectivity index (χ2v) is 2.24. The van der Waals surface area contributed by atoms with E-state index in [1.165, 1.54) is 0 Å². The van der Waals surface area contributed by atoms with Gasteiger partial charge in [0.2, 0.25) is 0 Å². The van der Waals surface area contributed by atoms with Gasteiger partial charge in [0.15, 0.2) is 5.82 Å². The number of allylic oxidation sites excluding steroid dienone is 2.